The van der Waals surface area contributed by atoms with Crippen LogP contribution in [-0.4, -0.2) is 19.7 Å². The van der Waals surface area contributed by atoms with Gasteiger partial charge in [-0.1, -0.05) is 11.6 Å². The van der Waals surface area contributed by atoms with Crippen LogP contribution in [0.25, 0.3) is 5.82 Å². The topological polar surface area (TPSA) is 72.7 Å². The number of rotatable bonds is 4. The van der Waals surface area contributed by atoms with E-state index in [-0.39, 0.29) is 10.8 Å². The van der Waals surface area contributed by atoms with Crippen LogP contribution in [-0.2, 0) is 12.7 Å². The van der Waals surface area contributed by atoms with Crippen molar-refractivity contribution in [2.45, 2.75) is 12.7 Å². The molecule has 0 saturated heterocycles. The molecule has 6 nitrogen and oxygen atoms in total. The largest absolute Gasteiger partial charge is 0.417 e. The molecule has 0 unspecified atom stereocenters. The summed E-state index contributed by atoms with van der Waals surface area (Å²) in [7, 11) is 0. The Morgan fingerprint density at radius 3 is 2.64 bits per heavy atom. The lowest BCUT2D eigenvalue weighted by atomic mass is 10.3. The second-order valence-corrected chi connectivity index (χ2v) is 5.92. The normalized spacial score (nSPS) is 11.5. The number of halogens is 4. The van der Waals surface area contributed by atoms with Gasteiger partial charge < -0.3 is 5.32 Å². The summed E-state index contributed by atoms with van der Waals surface area (Å²) in [4.78, 5) is 20.0. The van der Waals surface area contributed by atoms with Gasteiger partial charge in [-0.05, 0) is 12.1 Å². The maximum Gasteiger partial charge on any atom is 0.417 e. The molecule has 0 amide bonds. The predicted octanol–water partition coefficient (Wildman–Crippen LogP) is 3.37. The summed E-state index contributed by atoms with van der Waals surface area (Å²) in [5.74, 6) is -0.0639. The first-order valence-corrected chi connectivity index (χ1v) is 8.11. The van der Waals surface area contributed by atoms with Crippen molar-refractivity contribution < 1.29 is 13.2 Å². The number of anilines is 1. The van der Waals surface area contributed by atoms with Crippen molar-refractivity contribution in [1.82, 2.24) is 19.7 Å². The molecule has 0 aromatic carbocycles. The highest BCUT2D eigenvalue weighted by Crippen LogP contribution is 2.28. The van der Waals surface area contributed by atoms with Crippen LogP contribution >= 0.6 is 22.9 Å². The maximum atomic E-state index is 12.6. The number of hydrogen-bond acceptors (Lipinski definition) is 6. The van der Waals surface area contributed by atoms with Crippen LogP contribution in [0.3, 0.4) is 0 Å². The summed E-state index contributed by atoms with van der Waals surface area (Å²) in [6.07, 6.45) is -2.58. The minimum absolute atomic E-state index is 0.0639. The summed E-state index contributed by atoms with van der Waals surface area (Å²) in [6.45, 7) is 0.354. The molecule has 0 spiro atoms. The van der Waals surface area contributed by atoms with Gasteiger partial charge in [0, 0.05) is 11.6 Å². The fraction of sp³-hybridized carbons (Fsp3) is 0.143. The van der Waals surface area contributed by atoms with Gasteiger partial charge in [-0.2, -0.15) is 23.0 Å². The first-order chi connectivity index (χ1) is 11.9. The van der Waals surface area contributed by atoms with Crippen LogP contribution in [0.15, 0.2) is 40.2 Å². The van der Waals surface area contributed by atoms with Gasteiger partial charge in [-0.3, -0.25) is 4.79 Å². The van der Waals surface area contributed by atoms with Crippen LogP contribution in [0.5, 0.6) is 0 Å². The van der Waals surface area contributed by atoms with E-state index < -0.39 is 17.3 Å². The number of nitrogens with zero attached hydrogens (tertiary/aromatic N) is 4. The molecule has 1 N–H and O–H groups in total. The van der Waals surface area contributed by atoms with E-state index >= 15 is 0 Å². The van der Waals surface area contributed by atoms with Crippen molar-refractivity contribution in [3.05, 3.63) is 62.1 Å². The Morgan fingerprint density at radius 2 is 2.04 bits per heavy atom. The fourth-order valence-electron chi connectivity index (χ4n) is 1.91. The lowest BCUT2D eigenvalue weighted by molar-refractivity contribution is -0.137. The standard InChI is InChI=1S/C14H9ClF3N5OS/c15-12-10(19-4-9-6-25-7-21-9)5-22-23(13(12)24)11-2-1-8(3-20-11)14(16,17)18/h1-3,5-7,19H,4H2. The van der Waals surface area contributed by atoms with E-state index in [2.05, 4.69) is 20.4 Å². The van der Waals surface area contributed by atoms with Crippen molar-refractivity contribution in [2.24, 2.45) is 0 Å². The van der Waals surface area contributed by atoms with Crippen molar-refractivity contribution in [1.29, 1.82) is 0 Å². The molecular weight excluding hydrogens is 379 g/mol. The Labute approximate surface area is 147 Å². The molecule has 25 heavy (non-hydrogen) atoms. The molecule has 0 fully saturated rings. The number of thiazole rings is 1. The van der Waals surface area contributed by atoms with E-state index in [0.29, 0.717) is 18.4 Å². The third-order valence-corrected chi connectivity index (χ3v) is 4.16. The molecule has 0 radical (unpaired) electrons. The third-order valence-electron chi connectivity index (χ3n) is 3.15. The van der Waals surface area contributed by atoms with Crippen LogP contribution in [0.4, 0.5) is 18.9 Å². The van der Waals surface area contributed by atoms with E-state index in [1.165, 1.54) is 17.5 Å². The van der Waals surface area contributed by atoms with E-state index in [1.807, 2.05) is 5.38 Å². The average molecular weight is 388 g/mol. The molecule has 3 rings (SSSR count). The van der Waals surface area contributed by atoms with E-state index in [9.17, 15) is 18.0 Å². The molecule has 130 valence electrons. The molecule has 0 bridgehead atoms. The molecular formula is C14H9ClF3N5OS. The second-order valence-electron chi connectivity index (χ2n) is 4.83. The molecule has 3 aromatic heterocycles. The van der Waals surface area contributed by atoms with Gasteiger partial charge in [0.15, 0.2) is 5.82 Å². The zero-order chi connectivity index (χ0) is 18.0. The van der Waals surface area contributed by atoms with Crippen LogP contribution < -0.4 is 10.9 Å². The molecule has 0 aliphatic carbocycles. The summed E-state index contributed by atoms with van der Waals surface area (Å²) < 4.78 is 38.5. The van der Waals surface area contributed by atoms with Crippen molar-refractivity contribution in [3.8, 4) is 5.82 Å². The Kier molecular flexibility index (Phi) is 4.73. The highest BCUT2D eigenvalue weighted by atomic mass is 35.5. The lowest BCUT2D eigenvalue weighted by Gasteiger charge is -2.10. The number of pyridine rings is 1. The Hall–Kier alpha value is -2.46. The Bertz CT molecular complexity index is 925. The Balaban J connectivity index is 1.86. The molecule has 11 heteroatoms. The first-order valence-electron chi connectivity index (χ1n) is 6.78. The van der Waals surface area contributed by atoms with E-state index in [0.717, 1.165) is 22.5 Å². The van der Waals surface area contributed by atoms with Crippen molar-refractivity contribution >= 4 is 28.6 Å². The van der Waals surface area contributed by atoms with Crippen LogP contribution in [0, 0.1) is 0 Å². The molecule has 0 atom stereocenters. The number of nitrogens with one attached hydrogen (secondary N) is 1. The monoisotopic (exact) mass is 387 g/mol. The van der Waals surface area contributed by atoms with Crippen LogP contribution in [0.1, 0.15) is 11.3 Å². The van der Waals surface area contributed by atoms with Gasteiger partial charge in [0.1, 0.15) is 5.02 Å². The summed E-state index contributed by atoms with van der Waals surface area (Å²) in [5, 5.41) is 8.52. The summed E-state index contributed by atoms with van der Waals surface area (Å²) in [5.41, 5.74) is 1.12. The summed E-state index contributed by atoms with van der Waals surface area (Å²) in [6, 6.07) is 1.87. The zero-order valence-electron chi connectivity index (χ0n) is 12.3. The van der Waals surface area contributed by atoms with E-state index in [4.69, 9.17) is 11.6 Å². The van der Waals surface area contributed by atoms with Crippen molar-refractivity contribution in [2.75, 3.05) is 5.32 Å². The number of aromatic nitrogens is 4. The van der Waals surface area contributed by atoms with Gasteiger partial charge in [0.05, 0.1) is 35.2 Å². The van der Waals surface area contributed by atoms with Gasteiger partial charge in [-0.25, -0.2) is 9.97 Å². The zero-order valence-corrected chi connectivity index (χ0v) is 13.9. The third kappa shape index (κ3) is 3.80. The number of alkyl halides is 3. The van der Waals surface area contributed by atoms with Crippen LogP contribution in [0.2, 0.25) is 5.02 Å². The van der Waals surface area contributed by atoms with Gasteiger partial charge in [0.2, 0.25) is 0 Å². The lowest BCUT2D eigenvalue weighted by Crippen LogP contribution is -2.23. The fourth-order valence-corrected chi connectivity index (χ4v) is 2.66. The number of hydrogen-bond donors (Lipinski definition) is 1. The molecule has 3 heterocycles. The quantitative estimate of drug-likeness (QED) is 0.743. The second kappa shape index (κ2) is 6.81. The molecule has 3 aromatic rings. The summed E-state index contributed by atoms with van der Waals surface area (Å²) >= 11 is 7.46. The van der Waals surface area contributed by atoms with E-state index in [1.54, 1.807) is 5.51 Å². The smallest absolute Gasteiger partial charge is 0.377 e. The first kappa shape index (κ1) is 17.4. The Morgan fingerprint density at radius 1 is 1.24 bits per heavy atom. The van der Waals surface area contributed by atoms with Gasteiger partial charge >= 0.3 is 6.18 Å². The van der Waals surface area contributed by atoms with Crippen molar-refractivity contribution in [3.63, 3.8) is 0 Å². The maximum absolute atomic E-state index is 12.6. The average Bonchev–Trinajstić information content (AvgIpc) is 3.09. The predicted molar refractivity (Wildman–Crippen MR) is 87.1 cm³/mol. The van der Waals surface area contributed by atoms with Gasteiger partial charge in [-0.15, -0.1) is 11.3 Å². The highest BCUT2D eigenvalue weighted by Gasteiger charge is 2.30. The highest BCUT2D eigenvalue weighted by molar-refractivity contribution is 7.07. The molecule has 0 aliphatic heterocycles. The minimum atomic E-state index is -4.51. The minimum Gasteiger partial charge on any atom is -0.377 e. The molecule has 0 aliphatic rings. The van der Waals surface area contributed by atoms with Gasteiger partial charge in [0.25, 0.3) is 5.56 Å². The SMILES string of the molecule is O=c1c(Cl)c(NCc2cscn2)cnn1-c1ccc(C(F)(F)F)cn1. The molecule has 0 saturated carbocycles.